The van der Waals surface area contributed by atoms with E-state index in [0.717, 1.165) is 29.4 Å². The molecule has 1 heterocycles. The highest BCUT2D eigenvalue weighted by Gasteiger charge is 2.26. The molecule has 2 N–H and O–H groups in total. The Bertz CT molecular complexity index is 621. The molecule has 0 aliphatic heterocycles. The van der Waals surface area contributed by atoms with Gasteiger partial charge >= 0.3 is 0 Å². The fourth-order valence-corrected chi connectivity index (χ4v) is 4.22. The number of nitrogens with two attached hydrogens (primary N) is 1. The second-order valence-electron chi connectivity index (χ2n) is 5.71. The van der Waals surface area contributed by atoms with Gasteiger partial charge in [0.2, 0.25) is 0 Å². The van der Waals surface area contributed by atoms with E-state index < -0.39 is 0 Å². The molecule has 0 saturated carbocycles. The number of aromatic nitrogens is 2. The Labute approximate surface area is 130 Å². The summed E-state index contributed by atoms with van der Waals surface area (Å²) in [4.78, 5) is 9.09. The lowest BCUT2D eigenvalue weighted by atomic mass is 10.00. The third-order valence-corrected chi connectivity index (χ3v) is 5.19. The lowest BCUT2D eigenvalue weighted by Crippen LogP contribution is -2.23. The van der Waals surface area contributed by atoms with E-state index in [1.165, 1.54) is 17.5 Å². The standard InChI is InChI=1S/C17H21N3S/c1-11-10-12(2)20-17(19-11)21-15-9-5-7-13-6-3-4-8-14(13)16(15)18/h3-4,6,8,10,15-16H,5,7,9,18H2,1-2H3. The maximum Gasteiger partial charge on any atom is 0.188 e. The van der Waals surface area contributed by atoms with Gasteiger partial charge in [0.15, 0.2) is 5.16 Å². The van der Waals surface area contributed by atoms with Crippen molar-refractivity contribution in [3.63, 3.8) is 0 Å². The van der Waals surface area contributed by atoms with E-state index in [1.807, 2.05) is 19.9 Å². The summed E-state index contributed by atoms with van der Waals surface area (Å²) in [7, 11) is 0. The molecule has 110 valence electrons. The molecule has 3 rings (SSSR count). The Kier molecular flexibility index (Phi) is 4.27. The van der Waals surface area contributed by atoms with Gasteiger partial charge in [0.1, 0.15) is 0 Å². The van der Waals surface area contributed by atoms with Crippen molar-refractivity contribution in [1.29, 1.82) is 0 Å². The fraction of sp³-hybridized carbons (Fsp3) is 0.412. The van der Waals surface area contributed by atoms with Gasteiger partial charge in [-0.05, 0) is 50.3 Å². The van der Waals surface area contributed by atoms with Gasteiger partial charge in [-0.3, -0.25) is 0 Å². The summed E-state index contributed by atoms with van der Waals surface area (Å²) in [6.07, 6.45) is 3.40. The van der Waals surface area contributed by atoms with Crippen LogP contribution in [0.4, 0.5) is 0 Å². The minimum atomic E-state index is 0.0538. The maximum atomic E-state index is 6.54. The zero-order valence-electron chi connectivity index (χ0n) is 12.5. The molecule has 1 aromatic carbocycles. The number of thioether (sulfide) groups is 1. The largest absolute Gasteiger partial charge is 0.323 e. The highest BCUT2D eigenvalue weighted by Crippen LogP contribution is 2.36. The SMILES string of the molecule is Cc1cc(C)nc(SC2CCCc3ccccc3C2N)n1. The molecule has 1 aromatic heterocycles. The van der Waals surface area contributed by atoms with E-state index in [4.69, 9.17) is 5.73 Å². The molecule has 4 heteroatoms. The van der Waals surface area contributed by atoms with Gasteiger partial charge in [0.25, 0.3) is 0 Å². The lowest BCUT2D eigenvalue weighted by Gasteiger charge is -2.21. The topological polar surface area (TPSA) is 51.8 Å². The van der Waals surface area contributed by atoms with Crippen molar-refractivity contribution >= 4 is 11.8 Å². The van der Waals surface area contributed by atoms with Crippen LogP contribution in [-0.2, 0) is 6.42 Å². The fourth-order valence-electron chi connectivity index (χ4n) is 2.97. The minimum Gasteiger partial charge on any atom is -0.323 e. The average Bonchev–Trinajstić information content (AvgIpc) is 2.59. The Morgan fingerprint density at radius 1 is 1.14 bits per heavy atom. The molecule has 3 nitrogen and oxygen atoms in total. The van der Waals surface area contributed by atoms with Crippen molar-refractivity contribution in [3.05, 3.63) is 52.8 Å². The molecule has 2 atom stereocenters. The highest BCUT2D eigenvalue weighted by molar-refractivity contribution is 7.99. The maximum absolute atomic E-state index is 6.54. The van der Waals surface area contributed by atoms with E-state index in [1.54, 1.807) is 11.8 Å². The third kappa shape index (κ3) is 3.27. The first-order valence-corrected chi connectivity index (χ1v) is 8.34. The summed E-state index contributed by atoms with van der Waals surface area (Å²) in [5.41, 5.74) is 11.3. The molecule has 0 amide bonds. The normalized spacial score (nSPS) is 21.7. The van der Waals surface area contributed by atoms with Crippen molar-refractivity contribution in [2.45, 2.75) is 49.6 Å². The highest BCUT2D eigenvalue weighted by atomic mass is 32.2. The monoisotopic (exact) mass is 299 g/mol. The Morgan fingerprint density at radius 2 is 1.86 bits per heavy atom. The second-order valence-corrected chi connectivity index (χ2v) is 6.91. The Morgan fingerprint density at radius 3 is 2.62 bits per heavy atom. The van der Waals surface area contributed by atoms with Crippen molar-refractivity contribution in [3.8, 4) is 0 Å². The van der Waals surface area contributed by atoms with Gasteiger partial charge in [-0.15, -0.1) is 0 Å². The summed E-state index contributed by atoms with van der Waals surface area (Å²) in [5, 5.41) is 1.20. The minimum absolute atomic E-state index is 0.0538. The number of benzene rings is 1. The van der Waals surface area contributed by atoms with Crippen LogP contribution in [0, 0.1) is 13.8 Å². The molecule has 0 spiro atoms. The molecular weight excluding hydrogens is 278 g/mol. The van der Waals surface area contributed by atoms with Crippen LogP contribution in [0.5, 0.6) is 0 Å². The van der Waals surface area contributed by atoms with E-state index in [0.29, 0.717) is 5.25 Å². The molecule has 21 heavy (non-hydrogen) atoms. The van der Waals surface area contributed by atoms with Gasteiger partial charge < -0.3 is 5.73 Å². The lowest BCUT2D eigenvalue weighted by molar-refractivity contribution is 0.630. The molecule has 0 fully saturated rings. The summed E-state index contributed by atoms with van der Waals surface area (Å²) >= 11 is 1.73. The number of aryl methyl sites for hydroxylation is 3. The quantitative estimate of drug-likeness (QED) is 0.680. The number of fused-ring (bicyclic) bond motifs is 1. The van der Waals surface area contributed by atoms with Gasteiger partial charge in [-0.1, -0.05) is 36.0 Å². The van der Waals surface area contributed by atoms with Crippen LogP contribution in [0.1, 0.15) is 41.4 Å². The summed E-state index contributed by atoms with van der Waals surface area (Å²) in [6.45, 7) is 4.03. The first-order chi connectivity index (χ1) is 10.1. The van der Waals surface area contributed by atoms with Crippen LogP contribution in [0.2, 0.25) is 0 Å². The molecule has 0 saturated heterocycles. The van der Waals surface area contributed by atoms with Crippen molar-refractivity contribution < 1.29 is 0 Å². The van der Waals surface area contributed by atoms with Crippen LogP contribution in [0.15, 0.2) is 35.5 Å². The molecule has 2 aromatic rings. The van der Waals surface area contributed by atoms with Gasteiger partial charge in [-0.2, -0.15) is 0 Å². The van der Waals surface area contributed by atoms with Gasteiger partial charge in [0.05, 0.1) is 0 Å². The van der Waals surface area contributed by atoms with Crippen molar-refractivity contribution in [2.24, 2.45) is 5.73 Å². The van der Waals surface area contributed by atoms with Crippen molar-refractivity contribution in [1.82, 2.24) is 9.97 Å². The zero-order chi connectivity index (χ0) is 14.8. The molecule has 0 bridgehead atoms. The summed E-state index contributed by atoms with van der Waals surface area (Å²) in [5.74, 6) is 0. The predicted molar refractivity (Wildman–Crippen MR) is 87.5 cm³/mol. The Hall–Kier alpha value is -1.39. The summed E-state index contributed by atoms with van der Waals surface area (Å²) in [6, 6.07) is 10.6. The zero-order valence-corrected chi connectivity index (χ0v) is 13.4. The number of rotatable bonds is 2. The molecule has 0 radical (unpaired) electrons. The first kappa shape index (κ1) is 14.5. The first-order valence-electron chi connectivity index (χ1n) is 7.46. The van der Waals surface area contributed by atoms with Crippen LogP contribution < -0.4 is 5.73 Å². The van der Waals surface area contributed by atoms with E-state index in [2.05, 4.69) is 34.2 Å². The van der Waals surface area contributed by atoms with Crippen molar-refractivity contribution in [2.75, 3.05) is 0 Å². The second kappa shape index (κ2) is 6.16. The van der Waals surface area contributed by atoms with Crippen LogP contribution in [0.25, 0.3) is 0 Å². The number of nitrogens with zero attached hydrogens (tertiary/aromatic N) is 2. The van der Waals surface area contributed by atoms with E-state index >= 15 is 0 Å². The smallest absolute Gasteiger partial charge is 0.188 e. The van der Waals surface area contributed by atoms with Crippen LogP contribution in [0.3, 0.4) is 0 Å². The Balaban J connectivity index is 1.85. The van der Waals surface area contributed by atoms with E-state index in [9.17, 15) is 0 Å². The van der Waals surface area contributed by atoms with Gasteiger partial charge in [0, 0.05) is 22.7 Å². The average molecular weight is 299 g/mol. The van der Waals surface area contributed by atoms with Crippen LogP contribution in [-0.4, -0.2) is 15.2 Å². The molecule has 2 unspecified atom stereocenters. The molecule has 1 aliphatic carbocycles. The van der Waals surface area contributed by atoms with Crippen LogP contribution >= 0.6 is 11.8 Å². The third-order valence-electron chi connectivity index (χ3n) is 3.97. The predicted octanol–water partition coefficient (Wildman–Crippen LogP) is 3.59. The van der Waals surface area contributed by atoms with Gasteiger partial charge in [-0.25, -0.2) is 9.97 Å². The van der Waals surface area contributed by atoms with E-state index in [-0.39, 0.29) is 6.04 Å². The molecule has 1 aliphatic rings. The number of hydrogen-bond acceptors (Lipinski definition) is 4. The number of hydrogen-bond donors (Lipinski definition) is 1. The summed E-state index contributed by atoms with van der Waals surface area (Å²) < 4.78 is 0. The molecular formula is C17H21N3S.